The van der Waals surface area contributed by atoms with Gasteiger partial charge in [-0.05, 0) is 32.5 Å². The van der Waals surface area contributed by atoms with Crippen molar-refractivity contribution in [3.8, 4) is 0 Å². The monoisotopic (exact) mass is 893 g/mol. The molecule has 0 spiro atoms. The third kappa shape index (κ3) is 0. The van der Waals surface area contributed by atoms with Gasteiger partial charge in [0.05, 0.1) is 0 Å². The average molecular weight is 894 g/mol. The second-order valence-corrected chi connectivity index (χ2v) is 22.2. The molecule has 0 aliphatic carbocycles. The minimum absolute atomic E-state index is 0. The zero-order chi connectivity index (χ0) is 55.2. The molecule has 0 N–H and O–H groups in total. The van der Waals surface area contributed by atoms with Gasteiger partial charge in [0.25, 0.3) is 0 Å². The molecule has 0 rings (SSSR count). The van der Waals surface area contributed by atoms with Crippen LogP contribution in [0, 0.1) is 32.5 Å². The minimum atomic E-state index is 0. The molecule has 0 atom stereocenters. The SMILES string of the molecule is C.CC.CC.CC.CC.CC.CC.CC(C)(C)C.CC(C)(C)C.CC(C)(C)C.CC(C)(C)C.CC(C)(C)C.CC(C)(C)C.CCC.CCC.CCC.CCC.CCC.CCC. The molecule has 0 fully saturated rings. The second-order valence-electron chi connectivity index (χ2n) is 22.2. The van der Waals surface area contributed by atoms with Crippen LogP contribution in [0.3, 0.4) is 0 Å². The Bertz CT molecular complexity index is 251. The van der Waals surface area contributed by atoms with Crippen LogP contribution in [-0.2, 0) is 0 Å². The van der Waals surface area contributed by atoms with Gasteiger partial charge >= 0.3 is 0 Å². The molecular weight excluding hydrogens is 733 g/mol. The fourth-order valence-electron chi connectivity index (χ4n) is 0. The van der Waals surface area contributed by atoms with Crippen LogP contribution in [0.15, 0.2) is 0 Å². The van der Waals surface area contributed by atoms with Crippen LogP contribution in [-0.4, -0.2) is 0 Å². The molecule has 0 aromatic carbocycles. The lowest BCUT2D eigenvalue weighted by Crippen LogP contribution is -1.93. The Morgan fingerprint density at radius 3 is 0.148 bits per heavy atom. The topological polar surface area (TPSA) is 0 Å². The van der Waals surface area contributed by atoms with E-state index in [0.717, 1.165) is 0 Å². The van der Waals surface area contributed by atoms with E-state index in [9.17, 15) is 0 Å². The molecule has 0 saturated heterocycles. The fourth-order valence-corrected chi connectivity index (χ4v) is 0. The second kappa shape index (κ2) is 118. The molecule has 0 unspecified atom stereocenters. The lowest BCUT2D eigenvalue weighted by molar-refractivity contribution is 0.469. The van der Waals surface area contributed by atoms with Crippen molar-refractivity contribution in [3.63, 3.8) is 0 Å². The van der Waals surface area contributed by atoms with Crippen molar-refractivity contribution in [3.05, 3.63) is 0 Å². The molecule has 0 amide bonds. The van der Waals surface area contributed by atoms with Gasteiger partial charge in [0.2, 0.25) is 0 Å². The van der Waals surface area contributed by atoms with Gasteiger partial charge in [-0.15, -0.1) is 0 Å². The number of hydrogen-bond acceptors (Lipinski definition) is 0. The summed E-state index contributed by atoms with van der Waals surface area (Å²) in [7, 11) is 0. The predicted molar refractivity (Wildman–Crippen MR) is 321 cm³/mol. The highest BCUT2D eigenvalue weighted by Crippen LogP contribution is 2.10. The molecule has 0 aromatic heterocycles. The minimum Gasteiger partial charge on any atom is -0.0776 e. The first-order chi connectivity index (χ1) is 26.5. The first-order valence-corrected chi connectivity index (χ1v) is 26.5. The van der Waals surface area contributed by atoms with E-state index in [1.165, 1.54) is 38.5 Å². The van der Waals surface area contributed by atoms with Crippen LogP contribution in [0.4, 0.5) is 0 Å². The van der Waals surface area contributed by atoms with E-state index in [0.29, 0.717) is 32.5 Å². The maximum absolute atomic E-state index is 2.19. The lowest BCUT2D eigenvalue weighted by Gasteiger charge is -2.05. The molecule has 0 aliphatic heterocycles. The average Bonchev–Trinajstić information content (AvgIpc) is 3.01. The van der Waals surface area contributed by atoms with Gasteiger partial charge in [-0.3, -0.25) is 0 Å². The molecule has 61 heavy (non-hydrogen) atoms. The highest BCUT2D eigenvalue weighted by atomic mass is 14.0. The fraction of sp³-hybridized carbons (Fsp3) is 1.00. The van der Waals surface area contributed by atoms with Crippen molar-refractivity contribution >= 4 is 0 Å². The van der Waals surface area contributed by atoms with Gasteiger partial charge in [-0.2, -0.15) is 0 Å². The molecule has 0 bridgehead atoms. The normalized spacial score (nSPS) is 8.26. The molecule has 0 aliphatic rings. The van der Waals surface area contributed by atoms with Gasteiger partial charge in [0.1, 0.15) is 0 Å². The van der Waals surface area contributed by atoms with Gasteiger partial charge in [0.15, 0.2) is 0 Å². The van der Waals surface area contributed by atoms with Gasteiger partial charge in [-0.1, -0.05) is 378 Å². The first-order valence-electron chi connectivity index (χ1n) is 26.5. The third-order valence-corrected chi connectivity index (χ3v) is 0. The Labute approximate surface area is 409 Å². The predicted octanol–water partition coefficient (Wildman–Crippen LogP) is 27.6. The summed E-state index contributed by atoms with van der Waals surface area (Å²) in [5.74, 6) is 0. The van der Waals surface area contributed by atoms with Crippen LogP contribution >= 0.6 is 0 Å². The van der Waals surface area contributed by atoms with Crippen molar-refractivity contribution in [1.82, 2.24) is 0 Å². The van der Waals surface area contributed by atoms with E-state index >= 15 is 0 Å². The van der Waals surface area contributed by atoms with Crippen LogP contribution in [0.1, 0.15) is 378 Å². The summed E-state index contributed by atoms with van der Waals surface area (Å²) in [5, 5.41) is 0. The number of rotatable bonds is 0. The molecule has 0 saturated carbocycles. The summed E-state index contributed by atoms with van der Waals surface area (Å²) in [6.07, 6.45) is 7.50. The van der Waals surface area contributed by atoms with E-state index in [1.807, 2.05) is 83.1 Å². The van der Waals surface area contributed by atoms with E-state index in [2.05, 4.69) is 249 Å². The maximum Gasteiger partial charge on any atom is -0.0411 e. The summed E-state index contributed by atoms with van der Waals surface area (Å²) >= 11 is 0. The van der Waals surface area contributed by atoms with Crippen molar-refractivity contribution < 1.29 is 0 Å². The number of hydrogen-bond donors (Lipinski definition) is 0. The van der Waals surface area contributed by atoms with Crippen LogP contribution in [0.2, 0.25) is 0 Å². The summed E-state index contributed by atoms with van der Waals surface area (Å²) < 4.78 is 0. The van der Waals surface area contributed by atoms with Gasteiger partial charge < -0.3 is 0 Å². The standard InChI is InChI=1S/6C5H12.6C3H8.6C2H6.CH4/c6*1-5(2,3)4;6*1-3-2;6*1-2;/h6*1-4H3;6*3H2,1-2H3;6*1-2H3;1H4. The maximum atomic E-state index is 2.19. The molecule has 0 heterocycles. The van der Waals surface area contributed by atoms with Crippen molar-refractivity contribution in [2.45, 2.75) is 378 Å². The van der Waals surface area contributed by atoms with Crippen molar-refractivity contribution in [2.24, 2.45) is 32.5 Å². The van der Waals surface area contributed by atoms with Crippen molar-refractivity contribution in [2.75, 3.05) is 0 Å². The van der Waals surface area contributed by atoms with Crippen LogP contribution in [0.5, 0.6) is 0 Å². The Kier molecular flexibility index (Phi) is 242. The Morgan fingerprint density at radius 2 is 0.148 bits per heavy atom. The molecule has 0 heteroatoms. The Hall–Kier alpha value is 0. The summed E-state index contributed by atoms with van der Waals surface area (Å²) in [6.45, 7) is 102. The molecular formula is C61H160. The van der Waals surface area contributed by atoms with Crippen LogP contribution < -0.4 is 0 Å². The summed E-state index contributed by atoms with van der Waals surface area (Å²) in [4.78, 5) is 0. The first kappa shape index (κ1) is 124. The molecule has 0 nitrogen and oxygen atoms in total. The van der Waals surface area contributed by atoms with Gasteiger partial charge in [0, 0.05) is 0 Å². The van der Waals surface area contributed by atoms with E-state index in [1.54, 1.807) is 0 Å². The zero-order valence-electron chi connectivity index (χ0n) is 55.2. The Balaban J connectivity index is -0.0000000182. The van der Waals surface area contributed by atoms with Gasteiger partial charge in [-0.25, -0.2) is 0 Å². The summed E-state index contributed by atoms with van der Waals surface area (Å²) in [5.41, 5.74) is 3.00. The van der Waals surface area contributed by atoms with Crippen LogP contribution in [0.25, 0.3) is 0 Å². The Morgan fingerprint density at radius 1 is 0.148 bits per heavy atom. The molecule has 0 radical (unpaired) electrons. The largest absolute Gasteiger partial charge is 0.0776 e. The lowest BCUT2D eigenvalue weighted by atomic mass is 10.0. The van der Waals surface area contributed by atoms with Crippen molar-refractivity contribution in [1.29, 1.82) is 0 Å². The highest BCUT2D eigenvalue weighted by Gasteiger charge is 1.97. The zero-order valence-corrected chi connectivity index (χ0v) is 55.2. The van der Waals surface area contributed by atoms with E-state index in [4.69, 9.17) is 0 Å². The van der Waals surface area contributed by atoms with E-state index < -0.39 is 0 Å². The summed E-state index contributed by atoms with van der Waals surface area (Å²) in [6, 6.07) is 0. The quantitative estimate of drug-likeness (QED) is 0.227. The third-order valence-electron chi connectivity index (χ3n) is 0. The molecule has 0 aromatic rings. The molecule has 404 valence electrons. The van der Waals surface area contributed by atoms with E-state index in [-0.39, 0.29) is 7.43 Å². The smallest absolute Gasteiger partial charge is 0.0411 e. The highest BCUT2D eigenvalue weighted by molar-refractivity contribution is 4.49.